The largest absolute Gasteiger partial charge is 0.251 e. The van der Waals surface area contributed by atoms with E-state index in [1.54, 1.807) is 0 Å². The highest BCUT2D eigenvalue weighted by Crippen LogP contribution is 2.47. The van der Waals surface area contributed by atoms with Crippen molar-refractivity contribution in [2.24, 2.45) is 5.92 Å². The van der Waals surface area contributed by atoms with Crippen molar-refractivity contribution in [3.05, 3.63) is 60.2 Å². The van der Waals surface area contributed by atoms with Crippen LogP contribution in [0.5, 0.6) is 0 Å². The molecule has 0 aliphatic heterocycles. The quantitative estimate of drug-likeness (QED) is 0.591. The summed E-state index contributed by atoms with van der Waals surface area (Å²) < 4.78 is 28.7. The van der Waals surface area contributed by atoms with E-state index in [2.05, 4.69) is 24.3 Å². The average Bonchev–Trinajstić information content (AvgIpc) is 2.57. The van der Waals surface area contributed by atoms with Crippen LogP contribution in [-0.2, 0) is 0 Å². The molecular weight excluding hydrogens is 290 g/mol. The molecule has 1 fully saturated rings. The standard InChI is InChI=1S/C21H24F2/c1-2-6-20-14-13-19(15-21(20,22)23)18-11-9-17(10-12-18)16-7-4-3-5-8-16/h3-5,7-12,19-20H,2,6,13-15H2,1H3. The first-order chi connectivity index (χ1) is 11.1. The van der Waals surface area contributed by atoms with Crippen molar-refractivity contribution >= 4 is 0 Å². The van der Waals surface area contributed by atoms with E-state index < -0.39 is 11.8 Å². The monoisotopic (exact) mass is 314 g/mol. The Morgan fingerprint density at radius 1 is 0.913 bits per heavy atom. The lowest BCUT2D eigenvalue weighted by atomic mass is 9.74. The lowest BCUT2D eigenvalue weighted by molar-refractivity contribution is -0.0945. The van der Waals surface area contributed by atoms with Crippen molar-refractivity contribution in [1.29, 1.82) is 0 Å². The first-order valence-corrected chi connectivity index (χ1v) is 8.63. The SMILES string of the molecule is CCCC1CCC(c2ccc(-c3ccccc3)cc2)CC1(F)F. The van der Waals surface area contributed by atoms with Crippen molar-refractivity contribution in [3.63, 3.8) is 0 Å². The van der Waals surface area contributed by atoms with Crippen LogP contribution in [0.1, 0.15) is 50.5 Å². The van der Waals surface area contributed by atoms with Gasteiger partial charge in [0.2, 0.25) is 0 Å². The Labute approximate surface area is 137 Å². The van der Waals surface area contributed by atoms with E-state index in [1.807, 2.05) is 37.3 Å². The van der Waals surface area contributed by atoms with Crippen LogP contribution in [0.4, 0.5) is 8.78 Å². The molecule has 0 bridgehead atoms. The zero-order chi connectivity index (χ0) is 16.3. The average molecular weight is 314 g/mol. The summed E-state index contributed by atoms with van der Waals surface area (Å²) in [5.41, 5.74) is 3.36. The Kier molecular flexibility index (Phi) is 4.79. The molecule has 0 heterocycles. The minimum absolute atomic E-state index is 0.00233. The number of halogens is 2. The third kappa shape index (κ3) is 3.63. The summed E-state index contributed by atoms with van der Waals surface area (Å²) >= 11 is 0. The lowest BCUT2D eigenvalue weighted by Gasteiger charge is -2.36. The van der Waals surface area contributed by atoms with Crippen molar-refractivity contribution in [2.45, 2.75) is 50.9 Å². The molecule has 2 aromatic carbocycles. The van der Waals surface area contributed by atoms with Gasteiger partial charge in [0.25, 0.3) is 5.92 Å². The Bertz CT molecular complexity index is 616. The summed E-state index contributed by atoms with van der Waals surface area (Å²) in [4.78, 5) is 0. The summed E-state index contributed by atoms with van der Waals surface area (Å²) in [5, 5.41) is 0. The summed E-state index contributed by atoms with van der Waals surface area (Å²) in [6.07, 6.45) is 3.02. The molecule has 0 radical (unpaired) electrons. The molecule has 1 aliphatic carbocycles. The van der Waals surface area contributed by atoms with E-state index in [9.17, 15) is 8.78 Å². The highest BCUT2D eigenvalue weighted by Gasteiger charge is 2.44. The normalized spacial score (nSPS) is 23.6. The van der Waals surface area contributed by atoms with Crippen LogP contribution in [-0.4, -0.2) is 5.92 Å². The molecule has 2 atom stereocenters. The molecule has 2 unspecified atom stereocenters. The second-order valence-electron chi connectivity index (χ2n) is 6.71. The second kappa shape index (κ2) is 6.82. The second-order valence-corrected chi connectivity index (χ2v) is 6.71. The van der Waals surface area contributed by atoms with Gasteiger partial charge in [-0.25, -0.2) is 8.78 Å². The van der Waals surface area contributed by atoms with E-state index in [1.165, 1.54) is 0 Å². The van der Waals surface area contributed by atoms with Gasteiger partial charge in [-0.1, -0.05) is 67.9 Å². The first kappa shape index (κ1) is 16.2. The maximum absolute atomic E-state index is 14.3. The van der Waals surface area contributed by atoms with E-state index in [0.29, 0.717) is 12.8 Å². The Morgan fingerprint density at radius 2 is 1.57 bits per heavy atom. The van der Waals surface area contributed by atoms with Crippen molar-refractivity contribution in [2.75, 3.05) is 0 Å². The molecule has 0 amide bonds. The number of hydrogen-bond donors (Lipinski definition) is 0. The molecule has 2 aromatic rings. The lowest BCUT2D eigenvalue weighted by Crippen LogP contribution is -2.34. The highest BCUT2D eigenvalue weighted by molar-refractivity contribution is 5.63. The molecule has 0 spiro atoms. The van der Waals surface area contributed by atoms with Gasteiger partial charge in [0.1, 0.15) is 0 Å². The third-order valence-electron chi connectivity index (χ3n) is 5.11. The number of benzene rings is 2. The predicted molar refractivity (Wildman–Crippen MR) is 91.8 cm³/mol. The van der Waals surface area contributed by atoms with Crippen molar-refractivity contribution < 1.29 is 8.78 Å². The molecule has 0 N–H and O–H groups in total. The van der Waals surface area contributed by atoms with Crippen LogP contribution in [0, 0.1) is 5.92 Å². The van der Waals surface area contributed by atoms with Crippen LogP contribution >= 0.6 is 0 Å². The summed E-state index contributed by atoms with van der Waals surface area (Å²) in [6.45, 7) is 1.99. The van der Waals surface area contributed by atoms with Gasteiger partial charge in [-0.05, 0) is 41.9 Å². The van der Waals surface area contributed by atoms with Crippen LogP contribution < -0.4 is 0 Å². The van der Waals surface area contributed by atoms with Gasteiger partial charge in [0.05, 0.1) is 0 Å². The van der Waals surface area contributed by atoms with Crippen LogP contribution in [0.3, 0.4) is 0 Å². The smallest absolute Gasteiger partial charge is 0.207 e. The molecule has 122 valence electrons. The van der Waals surface area contributed by atoms with Gasteiger partial charge in [-0.2, -0.15) is 0 Å². The van der Waals surface area contributed by atoms with Gasteiger partial charge >= 0.3 is 0 Å². The highest BCUT2D eigenvalue weighted by atomic mass is 19.3. The van der Waals surface area contributed by atoms with E-state index in [4.69, 9.17) is 0 Å². The molecule has 2 heteroatoms. The van der Waals surface area contributed by atoms with Gasteiger partial charge in [-0.3, -0.25) is 0 Å². The van der Waals surface area contributed by atoms with Gasteiger partial charge < -0.3 is 0 Å². The van der Waals surface area contributed by atoms with Crippen LogP contribution in [0.25, 0.3) is 11.1 Å². The zero-order valence-corrected chi connectivity index (χ0v) is 13.6. The van der Waals surface area contributed by atoms with Gasteiger partial charge in [0, 0.05) is 12.3 Å². The van der Waals surface area contributed by atoms with Gasteiger partial charge in [-0.15, -0.1) is 0 Å². The zero-order valence-electron chi connectivity index (χ0n) is 13.6. The molecule has 0 aromatic heterocycles. The Hall–Kier alpha value is -1.70. The fraction of sp³-hybridized carbons (Fsp3) is 0.429. The number of rotatable bonds is 4. The Balaban J connectivity index is 1.73. The topological polar surface area (TPSA) is 0 Å². The number of hydrogen-bond acceptors (Lipinski definition) is 0. The molecule has 1 aliphatic rings. The third-order valence-corrected chi connectivity index (χ3v) is 5.11. The summed E-state index contributed by atoms with van der Waals surface area (Å²) in [7, 11) is 0. The fourth-order valence-electron chi connectivity index (χ4n) is 3.78. The van der Waals surface area contributed by atoms with Crippen molar-refractivity contribution in [1.82, 2.24) is 0 Å². The Morgan fingerprint density at radius 3 is 2.17 bits per heavy atom. The van der Waals surface area contributed by atoms with Crippen LogP contribution in [0.2, 0.25) is 0 Å². The molecule has 3 rings (SSSR count). The molecule has 23 heavy (non-hydrogen) atoms. The maximum Gasteiger partial charge on any atom is 0.251 e. The van der Waals surface area contributed by atoms with E-state index in [-0.39, 0.29) is 12.3 Å². The van der Waals surface area contributed by atoms with Crippen molar-refractivity contribution in [3.8, 4) is 11.1 Å². The molecule has 0 nitrogen and oxygen atoms in total. The number of alkyl halides is 2. The fourth-order valence-corrected chi connectivity index (χ4v) is 3.78. The summed E-state index contributed by atoms with van der Waals surface area (Å²) in [6, 6.07) is 18.3. The predicted octanol–water partition coefficient (Wildman–Crippen LogP) is 6.67. The van der Waals surface area contributed by atoms with Gasteiger partial charge in [0.15, 0.2) is 0 Å². The minimum atomic E-state index is -2.52. The summed E-state index contributed by atoms with van der Waals surface area (Å²) in [5.74, 6) is -2.95. The molecule has 1 saturated carbocycles. The van der Waals surface area contributed by atoms with E-state index in [0.717, 1.165) is 29.5 Å². The minimum Gasteiger partial charge on any atom is -0.207 e. The molecular formula is C21H24F2. The maximum atomic E-state index is 14.3. The van der Waals surface area contributed by atoms with Crippen LogP contribution in [0.15, 0.2) is 54.6 Å². The molecule has 0 saturated heterocycles. The first-order valence-electron chi connectivity index (χ1n) is 8.63. The van der Waals surface area contributed by atoms with E-state index >= 15 is 0 Å².